The van der Waals surface area contributed by atoms with Crippen LogP contribution in [0, 0.1) is 13.8 Å². The Morgan fingerprint density at radius 1 is 1.06 bits per heavy atom. The highest BCUT2D eigenvalue weighted by Crippen LogP contribution is 2.42. The van der Waals surface area contributed by atoms with Crippen LogP contribution in [0.2, 0.25) is 5.02 Å². The number of anilines is 2. The first-order chi connectivity index (χ1) is 16.4. The molecule has 35 heavy (non-hydrogen) atoms. The summed E-state index contributed by atoms with van der Waals surface area (Å²) in [6.45, 7) is 13.4. The van der Waals surface area contributed by atoms with Crippen LogP contribution >= 0.6 is 23.8 Å². The van der Waals surface area contributed by atoms with Gasteiger partial charge in [0.25, 0.3) is 11.8 Å². The molecule has 0 aromatic heterocycles. The lowest BCUT2D eigenvalue weighted by Crippen LogP contribution is -2.54. The maximum atomic E-state index is 13.5. The van der Waals surface area contributed by atoms with Crippen molar-refractivity contribution in [1.82, 2.24) is 5.32 Å². The zero-order chi connectivity index (χ0) is 25.7. The molecule has 0 radical (unpaired) electrons. The summed E-state index contributed by atoms with van der Waals surface area (Å²) in [7, 11) is 0. The van der Waals surface area contributed by atoms with Gasteiger partial charge in [-0.1, -0.05) is 30.7 Å². The number of hydrogen-bond acceptors (Lipinski definition) is 4. The normalized spacial score (nSPS) is 18.5. The van der Waals surface area contributed by atoms with Gasteiger partial charge in [-0.2, -0.15) is 0 Å². The van der Waals surface area contributed by atoms with Crippen LogP contribution in [0.4, 0.5) is 11.4 Å². The minimum absolute atomic E-state index is 0.0113. The summed E-state index contributed by atoms with van der Waals surface area (Å²) in [5.41, 5.74) is 6.31. The molecule has 7 heteroatoms. The molecule has 0 saturated carbocycles. The van der Waals surface area contributed by atoms with E-state index in [2.05, 4.69) is 44.0 Å². The number of benzene rings is 2. The molecule has 1 N–H and O–H groups in total. The van der Waals surface area contributed by atoms with Gasteiger partial charge in [-0.15, -0.1) is 0 Å². The van der Waals surface area contributed by atoms with Crippen LogP contribution < -0.4 is 15.1 Å². The molecule has 1 saturated heterocycles. The fourth-order valence-corrected chi connectivity index (χ4v) is 5.48. The van der Waals surface area contributed by atoms with Crippen molar-refractivity contribution < 1.29 is 9.59 Å². The summed E-state index contributed by atoms with van der Waals surface area (Å²) in [5, 5.41) is 3.21. The Bertz CT molecular complexity index is 1310. The molecule has 2 aromatic carbocycles. The fourth-order valence-electron chi connectivity index (χ4n) is 4.98. The Kier molecular flexibility index (Phi) is 6.64. The van der Waals surface area contributed by atoms with Crippen molar-refractivity contribution in [2.45, 2.75) is 53.5 Å². The number of nitrogens with zero attached hydrogens (tertiary/aromatic N) is 2. The molecule has 0 bridgehead atoms. The van der Waals surface area contributed by atoms with Gasteiger partial charge >= 0.3 is 0 Å². The summed E-state index contributed by atoms with van der Waals surface area (Å²) in [4.78, 5) is 30.1. The minimum atomic E-state index is -0.532. The number of carbonyl (C=O) groups is 2. The number of fused-ring (bicyclic) bond motifs is 1. The highest BCUT2D eigenvalue weighted by molar-refractivity contribution is 7.80. The number of aryl methyl sites for hydroxylation is 2. The number of amides is 2. The van der Waals surface area contributed by atoms with E-state index in [4.69, 9.17) is 23.8 Å². The summed E-state index contributed by atoms with van der Waals surface area (Å²) in [6, 6.07) is 9.66. The Labute approximate surface area is 217 Å². The number of nitrogens with one attached hydrogen (secondary N) is 1. The zero-order valence-electron chi connectivity index (χ0n) is 21.0. The van der Waals surface area contributed by atoms with Gasteiger partial charge in [0, 0.05) is 22.8 Å². The molecule has 2 heterocycles. The van der Waals surface area contributed by atoms with Crippen LogP contribution in [0.1, 0.15) is 56.4 Å². The van der Waals surface area contributed by atoms with E-state index >= 15 is 0 Å². The van der Waals surface area contributed by atoms with Crippen LogP contribution in [0.15, 0.2) is 42.0 Å². The van der Waals surface area contributed by atoms with Crippen molar-refractivity contribution in [3.63, 3.8) is 0 Å². The molecule has 2 amide bonds. The predicted octanol–water partition coefficient (Wildman–Crippen LogP) is 6.20. The van der Waals surface area contributed by atoms with Crippen LogP contribution in [-0.4, -0.2) is 29.0 Å². The molecule has 182 valence electrons. The van der Waals surface area contributed by atoms with E-state index in [1.165, 1.54) is 4.90 Å². The average Bonchev–Trinajstić information content (AvgIpc) is 2.73. The smallest absolute Gasteiger partial charge is 0.270 e. The monoisotopic (exact) mass is 507 g/mol. The van der Waals surface area contributed by atoms with Crippen LogP contribution in [0.3, 0.4) is 0 Å². The molecule has 5 nitrogen and oxygen atoms in total. The van der Waals surface area contributed by atoms with E-state index in [0.29, 0.717) is 16.3 Å². The van der Waals surface area contributed by atoms with Crippen molar-refractivity contribution in [2.24, 2.45) is 0 Å². The van der Waals surface area contributed by atoms with Gasteiger partial charge in [0.05, 0.1) is 11.2 Å². The molecule has 4 rings (SSSR count). The molecule has 2 aliphatic heterocycles. The van der Waals surface area contributed by atoms with Crippen molar-refractivity contribution in [2.75, 3.05) is 16.3 Å². The molecule has 0 spiro atoms. The average molecular weight is 508 g/mol. The Balaban J connectivity index is 1.80. The highest BCUT2D eigenvalue weighted by Gasteiger charge is 2.35. The van der Waals surface area contributed by atoms with Gasteiger partial charge < -0.3 is 4.90 Å². The third kappa shape index (κ3) is 4.65. The lowest BCUT2D eigenvalue weighted by molar-refractivity contribution is -0.122. The third-order valence-corrected chi connectivity index (χ3v) is 7.02. The van der Waals surface area contributed by atoms with E-state index < -0.39 is 11.8 Å². The maximum absolute atomic E-state index is 13.5. The molecule has 2 aromatic rings. The lowest BCUT2D eigenvalue weighted by Gasteiger charge is -2.43. The second-order valence-corrected chi connectivity index (χ2v) is 10.6. The van der Waals surface area contributed by atoms with E-state index in [9.17, 15) is 9.59 Å². The number of allylic oxidation sites excluding steroid dienone is 1. The van der Waals surface area contributed by atoms with Crippen LogP contribution in [-0.2, 0) is 9.59 Å². The Morgan fingerprint density at radius 2 is 1.71 bits per heavy atom. The van der Waals surface area contributed by atoms with E-state index in [1.807, 2.05) is 44.2 Å². The van der Waals surface area contributed by atoms with Crippen LogP contribution in [0.5, 0.6) is 0 Å². The third-order valence-electron chi connectivity index (χ3n) is 6.41. The second kappa shape index (κ2) is 9.25. The first-order valence-electron chi connectivity index (χ1n) is 11.7. The molecular formula is C28H30ClN3O2S. The standard InChI is InChI=1S/C28H30ClN3O2S/c1-7-8-31-24-14-23(29)19(12-21(24)18(4)15-28(31,5)6)13-22-25(33)30-27(35)32(26(22)34)20-10-16(2)9-17(3)11-20/h9-15H,7-8H2,1-6H3,(H,30,33,35)/b22-13-. The topological polar surface area (TPSA) is 52.7 Å². The summed E-state index contributed by atoms with van der Waals surface area (Å²) >= 11 is 12.1. The summed E-state index contributed by atoms with van der Waals surface area (Å²) in [6.07, 6.45) is 4.81. The molecular weight excluding hydrogens is 478 g/mol. The number of thiocarbonyl (C=S) groups is 1. The lowest BCUT2D eigenvalue weighted by atomic mass is 9.87. The Hall–Kier alpha value is -2.96. The van der Waals surface area contributed by atoms with Gasteiger partial charge in [0.15, 0.2) is 5.11 Å². The number of hydrogen-bond donors (Lipinski definition) is 1. The van der Waals surface area contributed by atoms with Gasteiger partial charge in [0.2, 0.25) is 0 Å². The van der Waals surface area contributed by atoms with Gasteiger partial charge in [-0.25, -0.2) is 0 Å². The molecule has 0 unspecified atom stereocenters. The minimum Gasteiger partial charge on any atom is -0.362 e. The van der Waals surface area contributed by atoms with E-state index in [1.54, 1.807) is 6.08 Å². The summed E-state index contributed by atoms with van der Waals surface area (Å²) in [5.74, 6) is -1.01. The van der Waals surface area contributed by atoms with Crippen LogP contribution in [0.25, 0.3) is 11.6 Å². The summed E-state index contributed by atoms with van der Waals surface area (Å²) < 4.78 is 0. The predicted molar refractivity (Wildman–Crippen MR) is 149 cm³/mol. The quantitative estimate of drug-likeness (QED) is 0.304. The highest BCUT2D eigenvalue weighted by atomic mass is 35.5. The Morgan fingerprint density at radius 3 is 2.34 bits per heavy atom. The zero-order valence-corrected chi connectivity index (χ0v) is 22.5. The second-order valence-electron chi connectivity index (χ2n) is 9.83. The van der Waals surface area contributed by atoms with Crippen molar-refractivity contribution in [3.8, 4) is 0 Å². The molecule has 0 aliphatic carbocycles. The number of carbonyl (C=O) groups excluding carboxylic acids is 2. The first kappa shape index (κ1) is 25.1. The van der Waals surface area contributed by atoms with Gasteiger partial charge in [-0.3, -0.25) is 19.8 Å². The molecule has 0 atom stereocenters. The number of rotatable bonds is 4. The largest absolute Gasteiger partial charge is 0.362 e. The van der Waals surface area contributed by atoms with Gasteiger partial charge in [0.1, 0.15) is 5.57 Å². The van der Waals surface area contributed by atoms with Crippen molar-refractivity contribution in [3.05, 3.63) is 69.3 Å². The fraction of sp³-hybridized carbons (Fsp3) is 0.321. The SMILES string of the molecule is CCCN1c2cc(Cl)c(/C=C3/C(=O)NC(=S)N(c4cc(C)cc(C)c4)C3=O)cc2C(C)=CC1(C)C. The van der Waals surface area contributed by atoms with E-state index in [0.717, 1.165) is 40.9 Å². The van der Waals surface area contributed by atoms with E-state index in [-0.39, 0.29) is 16.2 Å². The maximum Gasteiger partial charge on any atom is 0.270 e. The molecule has 1 fully saturated rings. The van der Waals surface area contributed by atoms with Crippen molar-refractivity contribution >= 4 is 63.8 Å². The number of halogens is 1. The molecule has 2 aliphatic rings. The first-order valence-corrected chi connectivity index (χ1v) is 12.5. The van der Waals surface area contributed by atoms with Crippen molar-refractivity contribution in [1.29, 1.82) is 0 Å². The van der Waals surface area contributed by atoms with Gasteiger partial charge in [-0.05, 0) is 106 Å².